The number of rotatable bonds is 0. The minimum atomic E-state index is 0.608. The van der Waals surface area contributed by atoms with Gasteiger partial charge < -0.3 is 0 Å². The molecule has 0 saturated carbocycles. The molecule has 0 N–H and O–H groups in total. The monoisotopic (exact) mass is 355 g/mol. The van der Waals surface area contributed by atoms with E-state index in [0.717, 1.165) is 20.6 Å². The maximum atomic E-state index is 4.40. The van der Waals surface area contributed by atoms with Crippen molar-refractivity contribution in [2.75, 3.05) is 0 Å². The molecule has 0 atom stereocenters. The highest BCUT2D eigenvalue weighted by molar-refractivity contribution is 9.12. The fraction of sp³-hybridized carbons (Fsp3) is 0.200. The van der Waals surface area contributed by atoms with Crippen molar-refractivity contribution in [3.63, 3.8) is 0 Å². The molecule has 5 nitrogen and oxygen atoms in total. The van der Waals surface area contributed by atoms with E-state index < -0.39 is 0 Å². The summed E-state index contributed by atoms with van der Waals surface area (Å²) in [7, 11) is 0. The first-order chi connectivity index (χ1) is 8.06. The number of allylic oxidation sites excluding steroid dienone is 2. The Labute approximate surface area is 115 Å². The maximum absolute atomic E-state index is 4.40. The van der Waals surface area contributed by atoms with Crippen LogP contribution >= 0.6 is 31.9 Å². The Morgan fingerprint density at radius 3 is 2.47 bits per heavy atom. The summed E-state index contributed by atoms with van der Waals surface area (Å²) in [5, 5.41) is 0. The molecule has 0 aromatic carbocycles. The normalized spacial score (nSPS) is 22.4. The second-order valence-corrected chi connectivity index (χ2v) is 5.37. The van der Waals surface area contributed by atoms with Crippen molar-refractivity contribution in [2.24, 2.45) is 20.0 Å². The van der Waals surface area contributed by atoms with E-state index in [1.807, 2.05) is 24.8 Å². The van der Waals surface area contributed by atoms with Gasteiger partial charge in [0, 0.05) is 0 Å². The summed E-state index contributed by atoms with van der Waals surface area (Å²) in [5.74, 6) is 3.52. The number of amidine groups is 3. The molecule has 7 heteroatoms. The summed E-state index contributed by atoms with van der Waals surface area (Å²) < 4.78 is 1.76. The minimum absolute atomic E-state index is 0.608. The van der Waals surface area contributed by atoms with Gasteiger partial charge >= 0.3 is 0 Å². The first kappa shape index (κ1) is 11.0. The molecule has 0 spiro atoms. The zero-order chi connectivity index (χ0) is 12.2. The molecule has 0 amide bonds. The first-order valence-corrected chi connectivity index (χ1v) is 6.50. The summed E-state index contributed by atoms with van der Waals surface area (Å²) in [6.45, 7) is 3.70. The summed E-state index contributed by atoms with van der Waals surface area (Å²) in [5.41, 5.74) is 0. The molecule has 0 fully saturated rings. The average Bonchev–Trinajstić information content (AvgIpc) is 2.24. The highest BCUT2D eigenvalue weighted by atomic mass is 79.9. The molecule has 0 aliphatic carbocycles. The van der Waals surface area contributed by atoms with E-state index in [0.29, 0.717) is 17.6 Å². The van der Waals surface area contributed by atoms with Crippen molar-refractivity contribution in [3.8, 4) is 0 Å². The molecular weight excluding hydrogens is 350 g/mol. The molecule has 0 aromatic heterocycles. The third-order valence-electron chi connectivity index (χ3n) is 2.36. The Balaban J connectivity index is 2.30. The first-order valence-electron chi connectivity index (χ1n) is 4.91. The third kappa shape index (κ3) is 1.64. The van der Waals surface area contributed by atoms with Crippen LogP contribution in [0.3, 0.4) is 0 Å². The van der Waals surface area contributed by atoms with E-state index in [9.17, 15) is 0 Å². The second-order valence-electron chi connectivity index (χ2n) is 3.66. The highest BCUT2D eigenvalue weighted by Crippen LogP contribution is 2.34. The molecule has 0 bridgehead atoms. The quantitative estimate of drug-likeness (QED) is 0.658. The lowest BCUT2D eigenvalue weighted by molar-refractivity contribution is 0.706. The smallest absolute Gasteiger partial charge is 0.240 e. The number of aliphatic imine (C=N–C) groups is 4. The van der Waals surface area contributed by atoms with Crippen molar-refractivity contribution in [1.29, 1.82) is 0 Å². The van der Waals surface area contributed by atoms with E-state index in [2.05, 4.69) is 51.8 Å². The van der Waals surface area contributed by atoms with Gasteiger partial charge in [-0.25, -0.2) is 14.9 Å². The summed E-state index contributed by atoms with van der Waals surface area (Å²) in [6, 6.07) is 0. The van der Waals surface area contributed by atoms with Gasteiger partial charge in [-0.15, -0.1) is 0 Å². The Morgan fingerprint density at radius 2 is 1.71 bits per heavy atom. The van der Waals surface area contributed by atoms with E-state index >= 15 is 0 Å². The lowest BCUT2D eigenvalue weighted by Crippen LogP contribution is -2.42. The van der Waals surface area contributed by atoms with Gasteiger partial charge in [-0.3, -0.25) is 0 Å². The number of nitrogens with zero attached hydrogens (tertiary/aromatic N) is 5. The van der Waals surface area contributed by atoms with Gasteiger partial charge in [-0.05, 0) is 51.8 Å². The van der Waals surface area contributed by atoms with Crippen LogP contribution in [0.25, 0.3) is 0 Å². The van der Waals surface area contributed by atoms with Crippen LogP contribution in [-0.4, -0.2) is 28.4 Å². The molecule has 17 heavy (non-hydrogen) atoms. The van der Waals surface area contributed by atoms with Gasteiger partial charge in [0.05, 0.1) is 8.96 Å². The zero-order valence-electron chi connectivity index (χ0n) is 9.07. The van der Waals surface area contributed by atoms with Crippen LogP contribution in [0.2, 0.25) is 0 Å². The maximum Gasteiger partial charge on any atom is 0.240 e. The van der Waals surface area contributed by atoms with Crippen LogP contribution in [0.15, 0.2) is 40.8 Å². The Bertz CT molecular complexity index is 606. The SMILES string of the molecule is CC1=NC2=NC(C)=NC3=C(Br)C=C(Br)C(=N1)N23. The molecule has 0 unspecified atom stereocenters. The molecule has 86 valence electrons. The van der Waals surface area contributed by atoms with Crippen LogP contribution in [0.1, 0.15) is 13.8 Å². The topological polar surface area (TPSA) is 52.7 Å². The van der Waals surface area contributed by atoms with E-state index in [-0.39, 0.29) is 0 Å². The molecular formula is C10H7Br2N5. The fourth-order valence-corrected chi connectivity index (χ4v) is 3.02. The number of hydrogen-bond donors (Lipinski definition) is 0. The molecule has 0 aromatic rings. The third-order valence-corrected chi connectivity index (χ3v) is 3.53. The minimum Gasteiger partial charge on any atom is -0.244 e. The van der Waals surface area contributed by atoms with E-state index in [1.165, 1.54) is 0 Å². The molecule has 0 radical (unpaired) electrons. The van der Waals surface area contributed by atoms with Crippen LogP contribution in [-0.2, 0) is 0 Å². The van der Waals surface area contributed by atoms with Crippen molar-refractivity contribution >= 4 is 55.3 Å². The van der Waals surface area contributed by atoms with Gasteiger partial charge in [0.1, 0.15) is 11.7 Å². The summed E-state index contributed by atoms with van der Waals surface area (Å²) in [6.07, 6.45) is 1.93. The molecule has 3 aliphatic heterocycles. The Kier molecular flexibility index (Phi) is 2.41. The van der Waals surface area contributed by atoms with Gasteiger partial charge in [-0.2, -0.15) is 9.98 Å². The Hall–Kier alpha value is -1.08. The van der Waals surface area contributed by atoms with Crippen molar-refractivity contribution in [2.45, 2.75) is 13.8 Å². The second kappa shape index (κ2) is 3.71. The molecule has 3 aliphatic rings. The fourth-order valence-electron chi connectivity index (χ4n) is 1.72. The average molecular weight is 357 g/mol. The predicted molar refractivity (Wildman–Crippen MR) is 75.9 cm³/mol. The highest BCUT2D eigenvalue weighted by Gasteiger charge is 2.34. The van der Waals surface area contributed by atoms with E-state index in [4.69, 9.17) is 0 Å². The summed E-state index contributed by atoms with van der Waals surface area (Å²) in [4.78, 5) is 19.3. The molecule has 3 heterocycles. The van der Waals surface area contributed by atoms with Gasteiger partial charge in [0.2, 0.25) is 5.96 Å². The standard InChI is InChI=1S/C10H7Br2N5/c1-4-13-8-6(11)3-7(12)9-14-5(2)16-10(15-4)17(8)9/h3H,1-2H3. The zero-order valence-corrected chi connectivity index (χ0v) is 12.2. The van der Waals surface area contributed by atoms with Crippen molar-refractivity contribution < 1.29 is 0 Å². The summed E-state index contributed by atoms with van der Waals surface area (Å²) >= 11 is 6.97. The van der Waals surface area contributed by atoms with Crippen LogP contribution in [0.4, 0.5) is 0 Å². The van der Waals surface area contributed by atoms with Crippen LogP contribution < -0.4 is 0 Å². The van der Waals surface area contributed by atoms with Crippen LogP contribution in [0.5, 0.6) is 0 Å². The largest absolute Gasteiger partial charge is 0.244 e. The molecule has 0 saturated heterocycles. The van der Waals surface area contributed by atoms with Crippen molar-refractivity contribution in [1.82, 2.24) is 4.90 Å². The van der Waals surface area contributed by atoms with E-state index in [1.54, 1.807) is 0 Å². The lowest BCUT2D eigenvalue weighted by Gasteiger charge is -2.32. The number of hydrogen-bond acceptors (Lipinski definition) is 5. The van der Waals surface area contributed by atoms with Gasteiger partial charge in [0.25, 0.3) is 0 Å². The Morgan fingerprint density at radius 1 is 1.00 bits per heavy atom. The van der Waals surface area contributed by atoms with Gasteiger partial charge in [-0.1, -0.05) is 0 Å². The van der Waals surface area contributed by atoms with Crippen molar-refractivity contribution in [3.05, 3.63) is 20.9 Å². The van der Waals surface area contributed by atoms with Crippen LogP contribution in [0, 0.1) is 0 Å². The molecule has 3 rings (SSSR count). The number of halogens is 2. The van der Waals surface area contributed by atoms with Gasteiger partial charge in [0.15, 0.2) is 11.7 Å². The number of guanidine groups is 1. The predicted octanol–water partition coefficient (Wildman–Crippen LogP) is 2.76. The lowest BCUT2D eigenvalue weighted by atomic mass is 10.2.